The number of benzene rings is 2. The molecule has 0 radical (unpaired) electrons. The van der Waals surface area contributed by atoms with E-state index in [0.29, 0.717) is 23.3 Å². The Bertz CT molecular complexity index is 1350. The number of aromatic nitrogens is 5. The molecule has 1 N–H and O–H groups in total. The Morgan fingerprint density at radius 3 is 2.16 bits per heavy atom. The van der Waals surface area contributed by atoms with Crippen LogP contribution >= 0.6 is 0 Å². The number of tetrazole rings is 1. The molecule has 2 aromatic heterocycles. The summed E-state index contributed by atoms with van der Waals surface area (Å²) < 4.78 is 101. The molecule has 0 bridgehead atoms. The molecule has 1 unspecified atom stereocenters. The summed E-state index contributed by atoms with van der Waals surface area (Å²) in [7, 11) is 0. The Balaban J connectivity index is 1.61. The predicted octanol–water partition coefficient (Wildman–Crippen LogP) is 4.52. The van der Waals surface area contributed by atoms with Gasteiger partial charge in [-0.15, -0.1) is 18.3 Å². The number of rotatable bonds is 8. The summed E-state index contributed by atoms with van der Waals surface area (Å²) in [5, 5.41) is 21.2. The van der Waals surface area contributed by atoms with E-state index in [1.807, 2.05) is 0 Å². The van der Waals surface area contributed by atoms with Gasteiger partial charge in [-0.2, -0.15) is 8.78 Å². The third-order valence-corrected chi connectivity index (χ3v) is 5.39. The highest BCUT2D eigenvalue weighted by molar-refractivity contribution is 5.34. The van der Waals surface area contributed by atoms with Crippen molar-refractivity contribution >= 4 is 0 Å². The molecule has 0 aliphatic heterocycles. The lowest BCUT2D eigenvalue weighted by molar-refractivity contribution is -0.274. The minimum atomic E-state index is -4.84. The van der Waals surface area contributed by atoms with Crippen molar-refractivity contribution in [3.63, 3.8) is 0 Å². The van der Waals surface area contributed by atoms with Gasteiger partial charge in [0.1, 0.15) is 29.4 Å². The molecule has 1 atom stereocenters. The van der Waals surface area contributed by atoms with E-state index in [4.69, 9.17) is 0 Å². The van der Waals surface area contributed by atoms with Gasteiger partial charge in [0.2, 0.25) is 0 Å². The van der Waals surface area contributed by atoms with Crippen LogP contribution in [0.2, 0.25) is 0 Å². The lowest BCUT2D eigenvalue weighted by atomic mass is 9.84. The third kappa shape index (κ3) is 5.69. The lowest BCUT2D eigenvalue weighted by Crippen LogP contribution is -2.48. The van der Waals surface area contributed by atoms with E-state index in [1.54, 1.807) is 0 Å². The van der Waals surface area contributed by atoms with Crippen LogP contribution < -0.4 is 4.74 Å². The second-order valence-corrected chi connectivity index (χ2v) is 7.99. The van der Waals surface area contributed by atoms with Crippen LogP contribution in [0.5, 0.6) is 5.75 Å². The molecule has 2 aromatic carbocycles. The van der Waals surface area contributed by atoms with Crippen LogP contribution in [0, 0.1) is 11.6 Å². The van der Waals surface area contributed by atoms with Crippen molar-refractivity contribution in [1.29, 1.82) is 0 Å². The Kier molecular flexibility index (Phi) is 6.86. The monoisotopic (exact) mass is 527 g/mol. The number of ether oxygens (including phenoxy) is 1. The quantitative estimate of drug-likeness (QED) is 0.340. The highest BCUT2D eigenvalue weighted by Gasteiger charge is 2.58. The Labute approximate surface area is 204 Å². The Morgan fingerprint density at radius 1 is 0.892 bits per heavy atom. The minimum Gasteiger partial charge on any atom is -0.406 e. The van der Waals surface area contributed by atoms with E-state index in [9.17, 15) is 27.1 Å². The van der Waals surface area contributed by atoms with Gasteiger partial charge >= 0.3 is 12.3 Å². The number of alkyl halides is 5. The van der Waals surface area contributed by atoms with Crippen molar-refractivity contribution in [2.45, 2.75) is 30.9 Å². The largest absolute Gasteiger partial charge is 0.573 e. The first-order valence-corrected chi connectivity index (χ1v) is 10.4. The molecule has 4 rings (SSSR count). The molecule has 0 amide bonds. The number of hydrogen-bond acceptors (Lipinski definition) is 6. The van der Waals surface area contributed by atoms with Gasteiger partial charge in [-0.1, -0.05) is 18.2 Å². The predicted molar refractivity (Wildman–Crippen MR) is 112 cm³/mol. The van der Waals surface area contributed by atoms with Gasteiger partial charge < -0.3 is 9.84 Å². The van der Waals surface area contributed by atoms with Gasteiger partial charge in [-0.05, 0) is 58.3 Å². The molecule has 4 aromatic rings. The zero-order valence-electron chi connectivity index (χ0n) is 18.5. The normalized spacial score (nSPS) is 13.8. The van der Waals surface area contributed by atoms with Gasteiger partial charge in [0.05, 0.1) is 6.54 Å². The van der Waals surface area contributed by atoms with Crippen molar-refractivity contribution in [2.24, 2.45) is 0 Å². The summed E-state index contributed by atoms with van der Waals surface area (Å²) in [6.07, 6.45) is -2.69. The van der Waals surface area contributed by atoms with Gasteiger partial charge in [-0.25, -0.2) is 13.5 Å². The standard InChI is InChI=1S/C23H16F7N5O2/c24-16-4-7-18(19(25)10-16)21(36,12-35-13-32-33-34-35)22(26,27)20-8-3-15(11-31-20)9-14-1-5-17(6-2-14)37-23(28,29)30/h1-8,10-11,13,36H,9,12H2. The fourth-order valence-corrected chi connectivity index (χ4v) is 3.64. The molecule has 37 heavy (non-hydrogen) atoms. The maximum Gasteiger partial charge on any atom is 0.573 e. The molecule has 0 aliphatic rings. The van der Waals surface area contributed by atoms with Crippen molar-refractivity contribution < 1.29 is 40.6 Å². The van der Waals surface area contributed by atoms with Crippen LogP contribution in [0.15, 0.2) is 67.1 Å². The molecular formula is C23H16F7N5O2. The van der Waals surface area contributed by atoms with Crippen molar-refractivity contribution in [3.8, 4) is 5.75 Å². The number of halogens is 7. The average molecular weight is 527 g/mol. The van der Waals surface area contributed by atoms with Crippen LogP contribution in [0.25, 0.3) is 0 Å². The molecule has 194 valence electrons. The number of aliphatic hydroxyl groups is 1. The zero-order valence-corrected chi connectivity index (χ0v) is 18.5. The van der Waals surface area contributed by atoms with Crippen molar-refractivity contribution in [1.82, 2.24) is 25.2 Å². The summed E-state index contributed by atoms with van der Waals surface area (Å²) >= 11 is 0. The van der Waals surface area contributed by atoms with Gasteiger partial charge in [-0.3, -0.25) is 4.98 Å². The highest BCUT2D eigenvalue weighted by Crippen LogP contribution is 2.46. The zero-order chi connectivity index (χ0) is 26.8. The van der Waals surface area contributed by atoms with Gasteiger partial charge in [0.15, 0.2) is 5.60 Å². The van der Waals surface area contributed by atoms with E-state index in [1.165, 1.54) is 18.2 Å². The molecule has 2 heterocycles. The molecule has 7 nitrogen and oxygen atoms in total. The van der Waals surface area contributed by atoms with E-state index in [-0.39, 0.29) is 6.42 Å². The second kappa shape index (κ2) is 9.76. The number of hydrogen-bond donors (Lipinski definition) is 1. The van der Waals surface area contributed by atoms with Crippen LogP contribution in [-0.2, 0) is 24.5 Å². The van der Waals surface area contributed by atoms with E-state index < -0.39 is 53.1 Å². The number of nitrogens with zero attached hydrogens (tertiary/aromatic N) is 5. The topological polar surface area (TPSA) is 86.0 Å². The van der Waals surface area contributed by atoms with Crippen LogP contribution in [-0.4, -0.2) is 36.7 Å². The first kappa shape index (κ1) is 26.0. The van der Waals surface area contributed by atoms with Crippen LogP contribution in [0.4, 0.5) is 30.7 Å². The Hall–Kier alpha value is -4.07. The molecule has 0 fully saturated rings. The second-order valence-electron chi connectivity index (χ2n) is 7.99. The molecule has 0 spiro atoms. The molecule has 0 saturated heterocycles. The molecule has 0 saturated carbocycles. The summed E-state index contributed by atoms with van der Waals surface area (Å²) in [6.45, 7) is -0.995. The summed E-state index contributed by atoms with van der Waals surface area (Å²) in [4.78, 5) is 3.74. The average Bonchev–Trinajstić information content (AvgIpc) is 3.32. The van der Waals surface area contributed by atoms with E-state index in [2.05, 4.69) is 25.2 Å². The Morgan fingerprint density at radius 2 is 1.59 bits per heavy atom. The fourth-order valence-electron chi connectivity index (χ4n) is 3.64. The van der Waals surface area contributed by atoms with Gasteiger partial charge in [0.25, 0.3) is 0 Å². The minimum absolute atomic E-state index is 0.132. The first-order valence-electron chi connectivity index (χ1n) is 10.4. The van der Waals surface area contributed by atoms with Crippen molar-refractivity contribution in [2.75, 3.05) is 0 Å². The van der Waals surface area contributed by atoms with Crippen LogP contribution in [0.3, 0.4) is 0 Å². The molecular weight excluding hydrogens is 511 g/mol. The van der Waals surface area contributed by atoms with Gasteiger partial charge in [0, 0.05) is 17.8 Å². The third-order valence-electron chi connectivity index (χ3n) is 5.39. The maximum atomic E-state index is 15.7. The van der Waals surface area contributed by atoms with E-state index >= 15 is 8.78 Å². The summed E-state index contributed by atoms with van der Waals surface area (Å²) in [5.41, 5.74) is -4.14. The maximum absolute atomic E-state index is 15.7. The smallest absolute Gasteiger partial charge is 0.406 e. The summed E-state index contributed by atoms with van der Waals surface area (Å²) in [5.74, 6) is -7.08. The SMILES string of the molecule is OC(Cn1cnnn1)(c1ccc(F)cc1F)C(F)(F)c1ccc(Cc2ccc(OC(F)(F)F)cc2)cn1. The number of pyridine rings is 1. The van der Waals surface area contributed by atoms with Crippen molar-refractivity contribution in [3.05, 3.63) is 101 Å². The molecule has 0 aliphatic carbocycles. The fraction of sp³-hybridized carbons (Fsp3) is 0.217. The summed E-state index contributed by atoms with van der Waals surface area (Å²) in [6, 6.07) is 8.92. The lowest BCUT2D eigenvalue weighted by Gasteiger charge is -2.35. The van der Waals surface area contributed by atoms with Crippen LogP contribution in [0.1, 0.15) is 22.4 Å². The molecule has 14 heteroatoms. The first-order chi connectivity index (χ1) is 17.4. The highest BCUT2D eigenvalue weighted by atomic mass is 19.4. The van der Waals surface area contributed by atoms with E-state index in [0.717, 1.165) is 41.5 Å².